The molecule has 2 heterocycles. The zero-order valence-electron chi connectivity index (χ0n) is 9.43. The third-order valence-electron chi connectivity index (χ3n) is 2.69. The van der Waals surface area contributed by atoms with Gasteiger partial charge in [0.1, 0.15) is 0 Å². The minimum absolute atomic E-state index is 0.122. The van der Waals surface area contributed by atoms with Crippen molar-refractivity contribution in [1.82, 2.24) is 10.6 Å². The molecule has 0 saturated carbocycles. The molecule has 0 aliphatic carbocycles. The lowest BCUT2D eigenvalue weighted by atomic mass is 10.2. The molecule has 98 valence electrons. The van der Waals surface area contributed by atoms with Gasteiger partial charge in [-0.2, -0.15) is 0 Å². The summed E-state index contributed by atoms with van der Waals surface area (Å²) in [6.07, 6.45) is 1.08. The SMILES string of the molecule is O=C(N[C@@H]1CCSC1=O)C(=O)N[C@@H]1CCSC1=O. The molecule has 0 unspecified atom stereocenters. The monoisotopic (exact) mass is 288 g/mol. The molecule has 2 rings (SSSR count). The number of hydrogen-bond acceptors (Lipinski definition) is 6. The summed E-state index contributed by atoms with van der Waals surface area (Å²) >= 11 is 2.30. The molecular formula is C10H12N2O4S2. The Morgan fingerprint density at radius 2 is 1.28 bits per heavy atom. The summed E-state index contributed by atoms with van der Waals surface area (Å²) in [5, 5.41) is 4.51. The summed E-state index contributed by atoms with van der Waals surface area (Å²) in [5.74, 6) is -0.382. The number of hydrogen-bond donors (Lipinski definition) is 2. The van der Waals surface area contributed by atoms with E-state index in [0.29, 0.717) is 24.3 Å². The molecule has 0 spiro atoms. The van der Waals surface area contributed by atoms with Gasteiger partial charge in [-0.15, -0.1) is 0 Å². The van der Waals surface area contributed by atoms with E-state index in [0.717, 1.165) is 23.5 Å². The highest BCUT2D eigenvalue weighted by atomic mass is 32.2. The first kappa shape index (κ1) is 13.4. The average molecular weight is 288 g/mol. The van der Waals surface area contributed by atoms with E-state index >= 15 is 0 Å². The molecule has 2 N–H and O–H groups in total. The molecule has 0 aromatic rings. The van der Waals surface area contributed by atoms with Gasteiger partial charge in [0.05, 0.1) is 12.1 Å². The third kappa shape index (κ3) is 3.05. The highest BCUT2D eigenvalue weighted by Crippen LogP contribution is 2.20. The highest BCUT2D eigenvalue weighted by Gasteiger charge is 2.32. The number of nitrogens with one attached hydrogen (secondary N) is 2. The summed E-state index contributed by atoms with van der Waals surface area (Å²) in [6, 6.07) is -1.16. The first-order valence-electron chi connectivity index (χ1n) is 5.52. The summed E-state index contributed by atoms with van der Waals surface area (Å²) in [7, 11) is 0. The number of carbonyl (C=O) groups excluding carboxylic acids is 4. The standard InChI is InChI=1S/C10H12N2O4S2/c13-7(11-5-1-3-17-9(5)15)8(14)12-6-2-4-18-10(6)16/h5-6H,1-4H2,(H,11,13)(H,12,14)/t5-,6-/m1/s1. The van der Waals surface area contributed by atoms with E-state index in [-0.39, 0.29) is 10.2 Å². The molecule has 2 saturated heterocycles. The van der Waals surface area contributed by atoms with Gasteiger partial charge in [0.15, 0.2) is 0 Å². The second-order valence-corrected chi connectivity index (χ2v) is 6.16. The van der Waals surface area contributed by atoms with Crippen LogP contribution < -0.4 is 10.6 Å². The smallest absolute Gasteiger partial charge is 0.309 e. The molecule has 2 aliphatic rings. The maximum Gasteiger partial charge on any atom is 0.309 e. The second kappa shape index (κ2) is 5.75. The molecule has 6 nitrogen and oxygen atoms in total. The van der Waals surface area contributed by atoms with Crippen LogP contribution in [-0.2, 0) is 19.2 Å². The van der Waals surface area contributed by atoms with Crippen molar-refractivity contribution in [2.24, 2.45) is 0 Å². The van der Waals surface area contributed by atoms with Crippen LogP contribution in [0.25, 0.3) is 0 Å². The van der Waals surface area contributed by atoms with Crippen LogP contribution in [0, 0.1) is 0 Å². The largest absolute Gasteiger partial charge is 0.337 e. The first-order chi connectivity index (χ1) is 8.58. The first-order valence-corrected chi connectivity index (χ1v) is 7.49. The van der Waals surface area contributed by atoms with E-state index in [2.05, 4.69) is 10.6 Å². The highest BCUT2D eigenvalue weighted by molar-refractivity contribution is 8.14. The second-order valence-electron chi connectivity index (χ2n) is 3.96. The van der Waals surface area contributed by atoms with Gasteiger partial charge in [-0.25, -0.2) is 0 Å². The molecule has 2 amide bonds. The van der Waals surface area contributed by atoms with Crippen molar-refractivity contribution in [3.05, 3.63) is 0 Å². The Morgan fingerprint density at radius 3 is 1.56 bits per heavy atom. The molecule has 2 fully saturated rings. The van der Waals surface area contributed by atoms with Crippen LogP contribution in [0.5, 0.6) is 0 Å². The molecule has 2 aliphatic heterocycles. The fourth-order valence-electron chi connectivity index (χ4n) is 1.70. The Balaban J connectivity index is 1.83. The van der Waals surface area contributed by atoms with Crippen LogP contribution in [0.1, 0.15) is 12.8 Å². The number of carbonyl (C=O) groups is 4. The van der Waals surface area contributed by atoms with Crippen LogP contribution in [0.3, 0.4) is 0 Å². The molecule has 0 bridgehead atoms. The lowest BCUT2D eigenvalue weighted by Crippen LogP contribution is -2.49. The Kier molecular flexibility index (Phi) is 4.28. The summed E-state index contributed by atoms with van der Waals surface area (Å²) in [5.41, 5.74) is 0. The van der Waals surface area contributed by atoms with Crippen molar-refractivity contribution in [2.75, 3.05) is 11.5 Å². The minimum atomic E-state index is -0.847. The van der Waals surface area contributed by atoms with Gasteiger partial charge in [0.2, 0.25) is 10.2 Å². The summed E-state index contributed by atoms with van der Waals surface area (Å²) in [6.45, 7) is 0. The Hall–Kier alpha value is -1.02. The van der Waals surface area contributed by atoms with Crippen LogP contribution >= 0.6 is 23.5 Å². The topological polar surface area (TPSA) is 92.3 Å². The van der Waals surface area contributed by atoms with Crippen molar-refractivity contribution < 1.29 is 19.2 Å². The van der Waals surface area contributed by atoms with Crippen LogP contribution in [-0.4, -0.2) is 45.6 Å². The molecule has 18 heavy (non-hydrogen) atoms. The molecular weight excluding hydrogens is 276 g/mol. The van der Waals surface area contributed by atoms with Crippen molar-refractivity contribution in [3.63, 3.8) is 0 Å². The lowest BCUT2D eigenvalue weighted by Gasteiger charge is -2.12. The summed E-state index contributed by atoms with van der Waals surface area (Å²) < 4.78 is 0. The minimum Gasteiger partial charge on any atom is -0.337 e. The van der Waals surface area contributed by atoms with Gasteiger partial charge in [-0.1, -0.05) is 23.5 Å². The van der Waals surface area contributed by atoms with E-state index in [1.165, 1.54) is 0 Å². The van der Waals surface area contributed by atoms with Crippen LogP contribution in [0.15, 0.2) is 0 Å². The van der Waals surface area contributed by atoms with Crippen molar-refractivity contribution in [1.29, 1.82) is 0 Å². The Bertz CT molecular complexity index is 375. The number of thioether (sulfide) groups is 2. The number of rotatable bonds is 2. The average Bonchev–Trinajstić information content (AvgIpc) is 2.90. The Morgan fingerprint density at radius 1 is 0.889 bits per heavy atom. The zero-order chi connectivity index (χ0) is 13.1. The van der Waals surface area contributed by atoms with Gasteiger partial charge in [-0.05, 0) is 12.8 Å². The lowest BCUT2D eigenvalue weighted by molar-refractivity contribution is -0.140. The van der Waals surface area contributed by atoms with Gasteiger partial charge >= 0.3 is 11.8 Å². The van der Waals surface area contributed by atoms with Crippen LogP contribution in [0.2, 0.25) is 0 Å². The van der Waals surface area contributed by atoms with E-state index in [1.54, 1.807) is 0 Å². The van der Waals surface area contributed by atoms with E-state index in [9.17, 15) is 19.2 Å². The maximum atomic E-state index is 11.5. The fourth-order valence-corrected chi connectivity index (χ4v) is 3.57. The molecule has 0 aromatic carbocycles. The van der Waals surface area contributed by atoms with Gasteiger partial charge < -0.3 is 10.6 Å². The normalized spacial score (nSPS) is 27.3. The van der Waals surface area contributed by atoms with Gasteiger partial charge in [0, 0.05) is 11.5 Å². The predicted molar refractivity (Wildman–Crippen MR) is 68.0 cm³/mol. The summed E-state index contributed by atoms with van der Waals surface area (Å²) in [4.78, 5) is 45.6. The van der Waals surface area contributed by atoms with E-state index < -0.39 is 23.9 Å². The fraction of sp³-hybridized carbons (Fsp3) is 0.600. The van der Waals surface area contributed by atoms with Crippen LogP contribution in [0.4, 0.5) is 0 Å². The van der Waals surface area contributed by atoms with Crippen molar-refractivity contribution >= 4 is 45.6 Å². The number of amides is 2. The predicted octanol–water partition coefficient (Wildman–Crippen LogP) is -0.717. The molecule has 8 heteroatoms. The van der Waals surface area contributed by atoms with Crippen molar-refractivity contribution in [3.8, 4) is 0 Å². The quantitative estimate of drug-likeness (QED) is 0.652. The molecule has 2 atom stereocenters. The van der Waals surface area contributed by atoms with Gasteiger partial charge in [0.25, 0.3) is 0 Å². The maximum absolute atomic E-state index is 11.5. The zero-order valence-corrected chi connectivity index (χ0v) is 11.1. The Labute approximate surface area is 112 Å². The van der Waals surface area contributed by atoms with E-state index in [4.69, 9.17) is 0 Å². The third-order valence-corrected chi connectivity index (χ3v) is 4.71. The molecule has 0 aromatic heterocycles. The van der Waals surface area contributed by atoms with E-state index in [1.807, 2.05) is 0 Å². The molecule has 0 radical (unpaired) electrons. The van der Waals surface area contributed by atoms with Crippen molar-refractivity contribution in [2.45, 2.75) is 24.9 Å². The van der Waals surface area contributed by atoms with Gasteiger partial charge in [-0.3, -0.25) is 19.2 Å².